The van der Waals surface area contributed by atoms with Gasteiger partial charge in [-0.1, -0.05) is 0 Å². The maximum absolute atomic E-state index is 13.5. The number of rotatable bonds is 0. The number of halogens is 4. The van der Waals surface area contributed by atoms with E-state index < -0.39 is 29.6 Å². The minimum atomic E-state index is -3.11. The van der Waals surface area contributed by atoms with Crippen molar-refractivity contribution in [1.29, 1.82) is 0 Å². The van der Waals surface area contributed by atoms with Gasteiger partial charge in [0.05, 0.1) is 5.92 Å². The van der Waals surface area contributed by atoms with Crippen molar-refractivity contribution in [2.24, 2.45) is 23.7 Å². The first-order chi connectivity index (χ1) is 6.42. The van der Waals surface area contributed by atoms with Gasteiger partial charge in [0.1, 0.15) is 0 Å². The third-order valence-corrected chi connectivity index (χ3v) is 4.39. The highest BCUT2D eigenvalue weighted by atomic mass is 19.3. The van der Waals surface area contributed by atoms with Gasteiger partial charge in [0.15, 0.2) is 0 Å². The van der Waals surface area contributed by atoms with Gasteiger partial charge in [-0.15, -0.1) is 0 Å². The van der Waals surface area contributed by atoms with Crippen molar-refractivity contribution in [2.75, 3.05) is 0 Å². The summed E-state index contributed by atoms with van der Waals surface area (Å²) in [5.74, 6) is -9.27. The van der Waals surface area contributed by atoms with Crippen LogP contribution >= 0.6 is 0 Å². The minimum absolute atomic E-state index is 0.0347. The van der Waals surface area contributed by atoms with E-state index in [1.807, 2.05) is 0 Å². The molecule has 4 saturated carbocycles. The van der Waals surface area contributed by atoms with Crippen LogP contribution in [0.3, 0.4) is 0 Å². The quantitative estimate of drug-likeness (QED) is 0.536. The van der Waals surface area contributed by atoms with Gasteiger partial charge in [-0.05, 0) is 31.6 Å². The van der Waals surface area contributed by atoms with Crippen LogP contribution in [0.1, 0.15) is 25.7 Å². The fraction of sp³-hybridized carbons (Fsp3) is 1.00. The first-order valence-corrected chi connectivity index (χ1v) is 5.18. The molecule has 0 aromatic carbocycles. The zero-order valence-electron chi connectivity index (χ0n) is 7.65. The highest BCUT2D eigenvalue weighted by molar-refractivity contribution is 5.10. The van der Waals surface area contributed by atoms with E-state index in [4.69, 9.17) is 0 Å². The second kappa shape index (κ2) is 2.27. The molecule has 0 N–H and O–H groups in total. The van der Waals surface area contributed by atoms with Gasteiger partial charge in [0.25, 0.3) is 11.8 Å². The van der Waals surface area contributed by atoms with E-state index >= 15 is 0 Å². The van der Waals surface area contributed by atoms with Crippen LogP contribution in [-0.2, 0) is 0 Å². The van der Waals surface area contributed by atoms with E-state index in [1.54, 1.807) is 0 Å². The zero-order chi connectivity index (χ0) is 10.1. The van der Waals surface area contributed by atoms with Crippen LogP contribution in [-0.4, -0.2) is 11.8 Å². The summed E-state index contributed by atoms with van der Waals surface area (Å²) in [5.41, 5.74) is 0. The fourth-order valence-electron chi connectivity index (χ4n) is 3.73. The van der Waals surface area contributed by atoms with Crippen molar-refractivity contribution in [1.82, 2.24) is 0 Å². The van der Waals surface area contributed by atoms with E-state index in [-0.39, 0.29) is 18.8 Å². The monoisotopic (exact) mass is 208 g/mol. The van der Waals surface area contributed by atoms with E-state index in [9.17, 15) is 17.6 Å². The zero-order valence-corrected chi connectivity index (χ0v) is 7.65. The van der Waals surface area contributed by atoms with E-state index in [0.29, 0.717) is 12.8 Å². The largest absolute Gasteiger partial charge is 0.259 e. The lowest BCUT2D eigenvalue weighted by molar-refractivity contribution is -0.302. The summed E-state index contributed by atoms with van der Waals surface area (Å²) in [4.78, 5) is 0. The van der Waals surface area contributed by atoms with Gasteiger partial charge >= 0.3 is 0 Å². The Bertz CT molecular complexity index is 249. The van der Waals surface area contributed by atoms with Crippen LogP contribution in [0.25, 0.3) is 0 Å². The molecule has 4 aliphatic carbocycles. The summed E-state index contributed by atoms with van der Waals surface area (Å²) in [6.07, 6.45) is 1.01. The standard InChI is InChI=1S/C10H12F4/c11-9(12)6-1-5-2-7(4-6)10(13,14)8(9)3-5/h5-8H,1-4H2/t5?,6-,7-,8?/m0/s1. The summed E-state index contributed by atoms with van der Waals surface area (Å²) >= 11 is 0. The Labute approximate surface area is 79.7 Å². The molecule has 0 aromatic rings. The van der Waals surface area contributed by atoms with Crippen LogP contribution < -0.4 is 0 Å². The van der Waals surface area contributed by atoms with Crippen LogP contribution in [0.15, 0.2) is 0 Å². The molecule has 0 spiro atoms. The molecule has 2 atom stereocenters. The van der Waals surface area contributed by atoms with Crippen molar-refractivity contribution >= 4 is 0 Å². The molecule has 4 rings (SSSR count). The Hall–Kier alpha value is -0.280. The van der Waals surface area contributed by atoms with Crippen LogP contribution in [0.2, 0.25) is 0 Å². The average molecular weight is 208 g/mol. The molecule has 0 heterocycles. The molecule has 4 heteroatoms. The van der Waals surface area contributed by atoms with Crippen molar-refractivity contribution in [3.63, 3.8) is 0 Å². The SMILES string of the molecule is FC1(F)C2CC3C[C@H]1C[C@H](C3)C2(F)F. The van der Waals surface area contributed by atoms with Crippen molar-refractivity contribution in [2.45, 2.75) is 37.5 Å². The molecule has 0 aliphatic heterocycles. The van der Waals surface area contributed by atoms with E-state index in [2.05, 4.69) is 0 Å². The maximum Gasteiger partial charge on any atom is 0.259 e. The molecule has 14 heavy (non-hydrogen) atoms. The smallest absolute Gasteiger partial charge is 0.206 e. The molecular weight excluding hydrogens is 196 g/mol. The summed E-state index contributed by atoms with van der Waals surface area (Å²) in [5, 5.41) is 0. The van der Waals surface area contributed by atoms with E-state index in [1.165, 1.54) is 0 Å². The molecule has 4 bridgehead atoms. The topological polar surface area (TPSA) is 0 Å². The van der Waals surface area contributed by atoms with Gasteiger partial charge in [-0.2, -0.15) is 0 Å². The van der Waals surface area contributed by atoms with Gasteiger partial charge < -0.3 is 0 Å². The van der Waals surface area contributed by atoms with Crippen LogP contribution in [0, 0.1) is 23.7 Å². The number of alkyl halides is 4. The normalized spacial score (nSPS) is 52.3. The molecule has 80 valence electrons. The molecule has 4 fully saturated rings. The fourth-order valence-corrected chi connectivity index (χ4v) is 3.73. The van der Waals surface area contributed by atoms with Crippen LogP contribution in [0.4, 0.5) is 17.6 Å². The Balaban J connectivity index is 2.04. The van der Waals surface area contributed by atoms with Crippen LogP contribution in [0.5, 0.6) is 0 Å². The second-order valence-electron chi connectivity index (χ2n) is 5.10. The lowest BCUT2D eigenvalue weighted by Crippen LogP contribution is -2.62. The maximum atomic E-state index is 13.5. The Morgan fingerprint density at radius 3 is 1.71 bits per heavy atom. The summed E-state index contributed by atoms with van der Waals surface area (Å²) < 4.78 is 54.1. The molecule has 0 aromatic heterocycles. The Morgan fingerprint density at radius 2 is 1.21 bits per heavy atom. The number of hydrogen-bond acceptors (Lipinski definition) is 0. The Kier molecular flexibility index (Phi) is 1.46. The predicted octanol–water partition coefficient (Wildman–Crippen LogP) is 3.32. The average Bonchev–Trinajstić information content (AvgIpc) is 2.09. The molecule has 0 radical (unpaired) electrons. The van der Waals surface area contributed by atoms with Gasteiger partial charge in [-0.3, -0.25) is 0 Å². The highest BCUT2D eigenvalue weighted by Crippen LogP contribution is 2.65. The van der Waals surface area contributed by atoms with Gasteiger partial charge in [-0.25, -0.2) is 17.6 Å². The summed E-state index contributed by atoms with van der Waals surface area (Å²) in [6.45, 7) is 0. The van der Waals surface area contributed by atoms with Crippen molar-refractivity contribution in [3.05, 3.63) is 0 Å². The first-order valence-electron chi connectivity index (χ1n) is 5.18. The molecule has 0 unspecified atom stereocenters. The van der Waals surface area contributed by atoms with E-state index in [0.717, 1.165) is 0 Å². The third kappa shape index (κ3) is 0.854. The summed E-state index contributed by atoms with van der Waals surface area (Å²) in [6, 6.07) is 0. The predicted molar refractivity (Wildman–Crippen MR) is 42.3 cm³/mol. The van der Waals surface area contributed by atoms with Gasteiger partial charge in [0, 0.05) is 11.8 Å². The molecule has 0 amide bonds. The Morgan fingerprint density at radius 1 is 0.714 bits per heavy atom. The molecule has 0 saturated heterocycles. The lowest BCUT2D eigenvalue weighted by atomic mass is 9.52. The molecular formula is C10H12F4. The number of hydrogen-bond donors (Lipinski definition) is 0. The minimum Gasteiger partial charge on any atom is -0.206 e. The lowest BCUT2D eigenvalue weighted by Gasteiger charge is -2.57. The van der Waals surface area contributed by atoms with Crippen molar-refractivity contribution < 1.29 is 17.6 Å². The van der Waals surface area contributed by atoms with Gasteiger partial charge in [0.2, 0.25) is 0 Å². The third-order valence-electron chi connectivity index (χ3n) is 4.39. The summed E-state index contributed by atoms with van der Waals surface area (Å²) in [7, 11) is 0. The molecule has 0 nitrogen and oxygen atoms in total. The first kappa shape index (κ1) is 8.98. The second-order valence-corrected chi connectivity index (χ2v) is 5.10. The molecule has 4 aliphatic rings. The van der Waals surface area contributed by atoms with Crippen molar-refractivity contribution in [3.8, 4) is 0 Å². The highest BCUT2D eigenvalue weighted by Gasteiger charge is 2.70.